The van der Waals surface area contributed by atoms with Crippen LogP contribution in [0.1, 0.15) is 16.7 Å². The van der Waals surface area contributed by atoms with Crippen LogP contribution in [0.3, 0.4) is 0 Å². The van der Waals surface area contributed by atoms with Crippen LogP contribution in [-0.2, 0) is 19.1 Å². The van der Waals surface area contributed by atoms with Crippen molar-refractivity contribution in [2.45, 2.75) is 25.2 Å². The minimum absolute atomic E-state index is 0.318. The molecule has 2 N–H and O–H groups in total. The molecule has 10 heteroatoms. The summed E-state index contributed by atoms with van der Waals surface area (Å²) in [5, 5.41) is 1.65. The number of pyridine rings is 1. The van der Waals surface area contributed by atoms with E-state index in [9.17, 15) is 13.2 Å². The third-order valence-electron chi connectivity index (χ3n) is 5.59. The van der Waals surface area contributed by atoms with Crippen molar-refractivity contribution in [2.24, 2.45) is 5.73 Å². The SMILES string of the molecule is N[C@H](Cc1cccc(C(F)(F)F)c1)CN(Cc1ccccc1)c1ncc(-c2nc3ccncc3s2)s1. The van der Waals surface area contributed by atoms with Gasteiger partial charge in [-0.1, -0.05) is 59.9 Å². The summed E-state index contributed by atoms with van der Waals surface area (Å²) in [5.41, 5.74) is 8.34. The lowest BCUT2D eigenvalue weighted by molar-refractivity contribution is -0.137. The van der Waals surface area contributed by atoms with E-state index in [0.29, 0.717) is 25.1 Å². The first kappa shape index (κ1) is 24.4. The molecule has 0 fully saturated rings. The van der Waals surface area contributed by atoms with Crippen molar-refractivity contribution in [3.8, 4) is 9.88 Å². The first-order valence-electron chi connectivity index (χ1n) is 11.2. The van der Waals surface area contributed by atoms with Gasteiger partial charge >= 0.3 is 6.18 Å². The van der Waals surface area contributed by atoms with E-state index in [1.165, 1.54) is 23.5 Å². The number of rotatable bonds is 8. The van der Waals surface area contributed by atoms with Crippen molar-refractivity contribution in [3.63, 3.8) is 0 Å². The predicted molar refractivity (Wildman–Crippen MR) is 139 cm³/mol. The van der Waals surface area contributed by atoms with Crippen LogP contribution in [0.4, 0.5) is 18.3 Å². The normalized spacial score (nSPS) is 12.7. The van der Waals surface area contributed by atoms with Crippen LogP contribution in [-0.4, -0.2) is 27.5 Å². The minimum atomic E-state index is -4.38. The topological polar surface area (TPSA) is 67.9 Å². The molecule has 0 radical (unpaired) electrons. The molecule has 3 heterocycles. The smallest absolute Gasteiger partial charge is 0.342 e. The number of halogens is 3. The number of nitrogens with two attached hydrogens (primary N) is 1. The molecule has 184 valence electrons. The van der Waals surface area contributed by atoms with Crippen molar-refractivity contribution in [1.82, 2.24) is 15.0 Å². The number of aromatic nitrogens is 3. The van der Waals surface area contributed by atoms with E-state index >= 15 is 0 Å². The van der Waals surface area contributed by atoms with Gasteiger partial charge in [-0.2, -0.15) is 13.2 Å². The summed E-state index contributed by atoms with van der Waals surface area (Å²) >= 11 is 3.08. The van der Waals surface area contributed by atoms with Gasteiger partial charge in [-0.25, -0.2) is 9.97 Å². The Balaban J connectivity index is 1.38. The zero-order valence-electron chi connectivity index (χ0n) is 19.0. The largest absolute Gasteiger partial charge is 0.416 e. The molecule has 0 saturated heterocycles. The molecule has 0 aliphatic rings. The van der Waals surface area contributed by atoms with E-state index in [0.717, 1.165) is 36.9 Å². The number of hydrogen-bond donors (Lipinski definition) is 1. The van der Waals surface area contributed by atoms with Gasteiger partial charge in [-0.3, -0.25) is 4.98 Å². The Morgan fingerprint density at radius 3 is 2.53 bits per heavy atom. The molecule has 0 aliphatic heterocycles. The molecule has 5 rings (SSSR count). The number of alkyl halides is 3. The van der Waals surface area contributed by atoms with Gasteiger partial charge in [0, 0.05) is 31.5 Å². The number of benzene rings is 2. The molecule has 3 aromatic heterocycles. The second-order valence-corrected chi connectivity index (χ2v) is 10.4. The number of hydrogen-bond acceptors (Lipinski definition) is 7. The van der Waals surface area contributed by atoms with Crippen molar-refractivity contribution in [1.29, 1.82) is 0 Å². The highest BCUT2D eigenvalue weighted by atomic mass is 32.1. The lowest BCUT2D eigenvalue weighted by atomic mass is 10.0. The Kier molecular flexibility index (Phi) is 6.99. The highest BCUT2D eigenvalue weighted by Gasteiger charge is 2.30. The summed E-state index contributed by atoms with van der Waals surface area (Å²) in [7, 11) is 0. The summed E-state index contributed by atoms with van der Waals surface area (Å²) in [6, 6.07) is 16.8. The molecule has 0 spiro atoms. The Labute approximate surface area is 214 Å². The van der Waals surface area contributed by atoms with Gasteiger partial charge in [0.15, 0.2) is 5.13 Å². The third kappa shape index (κ3) is 5.72. The summed E-state index contributed by atoms with van der Waals surface area (Å²) in [6.45, 7) is 1.01. The highest BCUT2D eigenvalue weighted by Crippen LogP contribution is 2.36. The summed E-state index contributed by atoms with van der Waals surface area (Å²) in [5.74, 6) is 0. The first-order chi connectivity index (χ1) is 17.3. The van der Waals surface area contributed by atoms with E-state index in [2.05, 4.69) is 14.9 Å². The molecule has 1 atom stereocenters. The van der Waals surface area contributed by atoms with E-state index in [1.54, 1.807) is 29.8 Å². The molecule has 0 unspecified atom stereocenters. The van der Waals surface area contributed by atoms with Crippen molar-refractivity contribution >= 4 is 38.0 Å². The number of fused-ring (bicyclic) bond motifs is 1. The average molecular weight is 526 g/mol. The van der Waals surface area contributed by atoms with Gasteiger partial charge in [-0.05, 0) is 29.7 Å². The lowest BCUT2D eigenvalue weighted by Gasteiger charge is -2.26. The summed E-state index contributed by atoms with van der Waals surface area (Å²) in [6.07, 6.45) is 1.26. The fraction of sp³-hybridized carbons (Fsp3) is 0.192. The van der Waals surface area contributed by atoms with Crippen LogP contribution in [0.2, 0.25) is 0 Å². The predicted octanol–water partition coefficient (Wildman–Crippen LogP) is 6.41. The standard InChI is InChI=1S/C26H22F3N5S2/c27-26(28,29)19-8-4-7-18(11-19)12-20(30)16-34(15-17-5-2-1-3-6-17)25-32-14-23(36-25)24-33-21-9-10-31-13-22(21)35-24/h1-11,13-14,20H,12,15-16,30H2/t20-/m1/s1. The van der Waals surface area contributed by atoms with Gasteiger partial charge in [-0.15, -0.1) is 11.3 Å². The van der Waals surface area contributed by atoms with Crippen LogP contribution in [0.25, 0.3) is 20.1 Å². The molecular weight excluding hydrogens is 503 g/mol. The van der Waals surface area contributed by atoms with Crippen LogP contribution in [0, 0.1) is 0 Å². The summed E-state index contributed by atoms with van der Waals surface area (Å²) in [4.78, 5) is 16.5. The first-order valence-corrected chi connectivity index (χ1v) is 12.9. The molecule has 0 aliphatic carbocycles. The molecule has 2 aromatic carbocycles. The van der Waals surface area contributed by atoms with Gasteiger partial charge in [0.25, 0.3) is 0 Å². The van der Waals surface area contributed by atoms with Crippen LogP contribution in [0.15, 0.2) is 79.3 Å². The maximum Gasteiger partial charge on any atom is 0.416 e. The van der Waals surface area contributed by atoms with Gasteiger partial charge in [0.05, 0.1) is 26.9 Å². The molecule has 0 amide bonds. The van der Waals surface area contributed by atoms with Crippen molar-refractivity contribution in [3.05, 3.63) is 95.9 Å². The molecule has 0 bridgehead atoms. The van der Waals surface area contributed by atoms with E-state index in [4.69, 9.17) is 10.7 Å². The van der Waals surface area contributed by atoms with Crippen LogP contribution >= 0.6 is 22.7 Å². The number of thiazole rings is 2. The lowest BCUT2D eigenvalue weighted by Crippen LogP contribution is -2.38. The van der Waals surface area contributed by atoms with E-state index in [1.807, 2.05) is 42.6 Å². The minimum Gasteiger partial charge on any atom is -0.342 e. The second kappa shape index (κ2) is 10.3. The molecule has 36 heavy (non-hydrogen) atoms. The fourth-order valence-corrected chi connectivity index (χ4v) is 5.83. The third-order valence-corrected chi connectivity index (χ3v) is 7.82. The second-order valence-electron chi connectivity index (χ2n) is 8.40. The van der Waals surface area contributed by atoms with Crippen molar-refractivity contribution in [2.75, 3.05) is 11.4 Å². The highest BCUT2D eigenvalue weighted by molar-refractivity contribution is 7.26. The molecule has 5 nitrogen and oxygen atoms in total. The van der Waals surface area contributed by atoms with Gasteiger partial charge in [0.2, 0.25) is 0 Å². The number of anilines is 1. The maximum atomic E-state index is 13.1. The fourth-order valence-electron chi connectivity index (χ4n) is 3.93. The zero-order chi connectivity index (χ0) is 25.1. The Hall–Kier alpha value is -3.34. The quantitative estimate of drug-likeness (QED) is 0.254. The molecular formula is C26H22F3N5S2. The Bertz CT molecular complexity index is 1420. The molecule has 0 saturated carbocycles. The van der Waals surface area contributed by atoms with Gasteiger partial charge in [0.1, 0.15) is 5.01 Å². The molecule has 5 aromatic rings. The van der Waals surface area contributed by atoms with Crippen molar-refractivity contribution < 1.29 is 13.2 Å². The zero-order valence-corrected chi connectivity index (χ0v) is 20.7. The van der Waals surface area contributed by atoms with Gasteiger partial charge < -0.3 is 10.6 Å². The van der Waals surface area contributed by atoms with E-state index in [-0.39, 0.29) is 0 Å². The Morgan fingerprint density at radius 1 is 0.944 bits per heavy atom. The summed E-state index contributed by atoms with van der Waals surface area (Å²) < 4.78 is 40.4. The van der Waals surface area contributed by atoms with Crippen LogP contribution < -0.4 is 10.6 Å². The average Bonchev–Trinajstić information content (AvgIpc) is 3.51. The number of nitrogens with zero attached hydrogens (tertiary/aromatic N) is 4. The Morgan fingerprint density at radius 2 is 1.75 bits per heavy atom. The van der Waals surface area contributed by atoms with Crippen LogP contribution in [0.5, 0.6) is 0 Å². The van der Waals surface area contributed by atoms with E-state index < -0.39 is 17.8 Å². The maximum absolute atomic E-state index is 13.1. The monoisotopic (exact) mass is 525 g/mol.